The molecule has 0 heterocycles. The van der Waals surface area contributed by atoms with E-state index in [0.717, 1.165) is 6.42 Å². The number of hydrogen-bond donors (Lipinski definition) is 1. The van der Waals surface area contributed by atoms with Crippen molar-refractivity contribution in [2.24, 2.45) is 0 Å². The van der Waals surface area contributed by atoms with Gasteiger partial charge >= 0.3 is 5.97 Å². The van der Waals surface area contributed by atoms with Crippen LogP contribution < -0.4 is 5.32 Å². The highest BCUT2D eigenvalue weighted by atomic mass is 16.5. The quantitative estimate of drug-likeness (QED) is 0.665. The number of nitrogens with one attached hydrogen (secondary N) is 1. The molecule has 0 aromatic carbocycles. The molecule has 1 atom stereocenters. The van der Waals surface area contributed by atoms with E-state index in [0.29, 0.717) is 18.4 Å². The lowest BCUT2D eigenvalue weighted by atomic mass is 9.95. The first-order chi connectivity index (χ1) is 6.63. The molecule has 4 nitrogen and oxygen atoms in total. The maximum Gasteiger partial charge on any atom is 0.333 e. The van der Waals surface area contributed by atoms with Gasteiger partial charge in [0.15, 0.2) is 0 Å². The normalized spacial score (nSPS) is 21.0. The third-order valence-corrected chi connectivity index (χ3v) is 2.27. The fourth-order valence-electron chi connectivity index (χ4n) is 1.57. The second-order valence-corrected chi connectivity index (χ2v) is 3.39. The van der Waals surface area contributed by atoms with E-state index in [4.69, 9.17) is 0 Å². The number of methoxy groups -OCH3 is 1. The lowest BCUT2D eigenvalue weighted by Gasteiger charge is -2.21. The first kappa shape index (κ1) is 10.8. The van der Waals surface area contributed by atoms with Crippen molar-refractivity contribution in [3.8, 4) is 0 Å². The third-order valence-electron chi connectivity index (χ3n) is 2.27. The van der Waals surface area contributed by atoms with Crippen LogP contribution in [0.15, 0.2) is 11.6 Å². The largest absolute Gasteiger partial charge is 0.466 e. The van der Waals surface area contributed by atoms with E-state index in [2.05, 4.69) is 10.1 Å². The zero-order valence-electron chi connectivity index (χ0n) is 8.50. The molecule has 4 heteroatoms. The van der Waals surface area contributed by atoms with Gasteiger partial charge in [0.1, 0.15) is 0 Å². The van der Waals surface area contributed by atoms with Crippen LogP contribution in [0.4, 0.5) is 0 Å². The van der Waals surface area contributed by atoms with Crippen molar-refractivity contribution in [1.82, 2.24) is 5.32 Å². The Hall–Kier alpha value is -1.32. The molecule has 1 aliphatic carbocycles. The Labute approximate surface area is 83.3 Å². The number of hydrogen-bond acceptors (Lipinski definition) is 3. The number of carbonyl (C=O) groups excluding carboxylic acids is 2. The van der Waals surface area contributed by atoms with Gasteiger partial charge in [-0.3, -0.25) is 4.79 Å². The summed E-state index contributed by atoms with van der Waals surface area (Å²) < 4.78 is 4.61. The molecule has 78 valence electrons. The van der Waals surface area contributed by atoms with Gasteiger partial charge in [-0.05, 0) is 19.3 Å². The standard InChI is InChI=1S/C10H15NO3/c1-7(12)11-9-5-3-8(4-6-9)10(13)14-2/h3,9H,4-6H2,1-2H3,(H,11,12). The number of esters is 1. The van der Waals surface area contributed by atoms with Gasteiger partial charge in [0.05, 0.1) is 7.11 Å². The van der Waals surface area contributed by atoms with Crippen molar-refractivity contribution >= 4 is 11.9 Å². The van der Waals surface area contributed by atoms with Gasteiger partial charge in [-0.25, -0.2) is 4.79 Å². The van der Waals surface area contributed by atoms with Crippen molar-refractivity contribution in [1.29, 1.82) is 0 Å². The monoisotopic (exact) mass is 197 g/mol. The van der Waals surface area contributed by atoms with Crippen LogP contribution in [0, 0.1) is 0 Å². The minimum Gasteiger partial charge on any atom is -0.466 e. The first-order valence-corrected chi connectivity index (χ1v) is 4.68. The van der Waals surface area contributed by atoms with E-state index >= 15 is 0 Å². The molecule has 0 fully saturated rings. The Bertz CT molecular complexity index is 271. The van der Waals surface area contributed by atoms with Gasteiger partial charge in [0, 0.05) is 18.5 Å². The molecule has 0 aromatic heterocycles. The van der Waals surface area contributed by atoms with Crippen molar-refractivity contribution in [3.05, 3.63) is 11.6 Å². The molecule has 14 heavy (non-hydrogen) atoms. The maximum atomic E-state index is 11.1. The molecular weight excluding hydrogens is 182 g/mol. The summed E-state index contributed by atoms with van der Waals surface area (Å²) in [6.07, 6.45) is 4.04. The van der Waals surface area contributed by atoms with Crippen molar-refractivity contribution in [3.63, 3.8) is 0 Å². The SMILES string of the molecule is COC(=O)C1=CCC(NC(C)=O)CC1. The van der Waals surface area contributed by atoms with Crippen molar-refractivity contribution < 1.29 is 14.3 Å². The van der Waals surface area contributed by atoms with E-state index < -0.39 is 0 Å². The van der Waals surface area contributed by atoms with E-state index in [-0.39, 0.29) is 17.9 Å². The Balaban J connectivity index is 2.47. The summed E-state index contributed by atoms with van der Waals surface area (Å²) in [7, 11) is 1.38. The van der Waals surface area contributed by atoms with Crippen LogP contribution in [-0.2, 0) is 14.3 Å². The fourth-order valence-corrected chi connectivity index (χ4v) is 1.57. The number of rotatable bonds is 2. The molecule has 1 aliphatic rings. The highest BCUT2D eigenvalue weighted by molar-refractivity contribution is 5.88. The van der Waals surface area contributed by atoms with Gasteiger partial charge in [0.2, 0.25) is 5.91 Å². The van der Waals surface area contributed by atoms with Crippen LogP contribution in [0.25, 0.3) is 0 Å². The summed E-state index contributed by atoms with van der Waals surface area (Å²) in [6.45, 7) is 1.50. The molecule has 1 amide bonds. The molecule has 0 aromatic rings. The van der Waals surface area contributed by atoms with E-state index in [1.807, 2.05) is 6.08 Å². The van der Waals surface area contributed by atoms with Crippen LogP contribution in [0.5, 0.6) is 0 Å². The highest BCUT2D eigenvalue weighted by Gasteiger charge is 2.19. The summed E-state index contributed by atoms with van der Waals surface area (Å²) in [6, 6.07) is 0.168. The van der Waals surface area contributed by atoms with Gasteiger partial charge < -0.3 is 10.1 Å². The average molecular weight is 197 g/mol. The molecule has 0 aliphatic heterocycles. The van der Waals surface area contributed by atoms with Crippen molar-refractivity contribution in [2.45, 2.75) is 32.2 Å². The first-order valence-electron chi connectivity index (χ1n) is 4.68. The van der Waals surface area contributed by atoms with E-state index in [1.54, 1.807) is 0 Å². The average Bonchev–Trinajstić information content (AvgIpc) is 2.17. The van der Waals surface area contributed by atoms with Gasteiger partial charge in [-0.2, -0.15) is 0 Å². The summed E-state index contributed by atoms with van der Waals surface area (Å²) in [4.78, 5) is 21.9. The van der Waals surface area contributed by atoms with Crippen LogP contribution in [-0.4, -0.2) is 25.0 Å². The molecule has 0 saturated carbocycles. The second-order valence-electron chi connectivity index (χ2n) is 3.39. The Morgan fingerprint density at radius 2 is 2.29 bits per heavy atom. The Kier molecular flexibility index (Phi) is 3.68. The zero-order chi connectivity index (χ0) is 10.6. The highest BCUT2D eigenvalue weighted by Crippen LogP contribution is 2.18. The topological polar surface area (TPSA) is 55.4 Å². The van der Waals surface area contributed by atoms with Gasteiger partial charge in [-0.15, -0.1) is 0 Å². The Morgan fingerprint density at radius 3 is 2.71 bits per heavy atom. The number of amides is 1. The Morgan fingerprint density at radius 1 is 1.57 bits per heavy atom. The molecular formula is C10H15NO3. The third kappa shape index (κ3) is 2.87. The fraction of sp³-hybridized carbons (Fsp3) is 0.600. The smallest absolute Gasteiger partial charge is 0.333 e. The van der Waals surface area contributed by atoms with Crippen LogP contribution in [0.2, 0.25) is 0 Å². The minimum absolute atomic E-state index is 0.0232. The molecule has 0 saturated heterocycles. The molecule has 0 bridgehead atoms. The van der Waals surface area contributed by atoms with Gasteiger partial charge in [-0.1, -0.05) is 6.08 Å². The lowest BCUT2D eigenvalue weighted by Crippen LogP contribution is -2.34. The van der Waals surface area contributed by atoms with Crippen LogP contribution in [0.1, 0.15) is 26.2 Å². The molecule has 1 unspecified atom stereocenters. The maximum absolute atomic E-state index is 11.1. The number of carbonyl (C=O) groups is 2. The summed E-state index contributed by atoms with van der Waals surface area (Å²) in [5.74, 6) is -0.281. The van der Waals surface area contributed by atoms with Crippen molar-refractivity contribution in [2.75, 3.05) is 7.11 Å². The lowest BCUT2D eigenvalue weighted by molar-refractivity contribution is -0.136. The summed E-state index contributed by atoms with van der Waals surface area (Å²) in [5, 5.41) is 2.82. The molecule has 1 rings (SSSR count). The second kappa shape index (κ2) is 4.79. The van der Waals surface area contributed by atoms with Crippen LogP contribution >= 0.6 is 0 Å². The predicted octanol–water partition coefficient (Wildman–Crippen LogP) is 0.774. The molecule has 0 spiro atoms. The predicted molar refractivity (Wildman–Crippen MR) is 51.6 cm³/mol. The van der Waals surface area contributed by atoms with E-state index in [9.17, 15) is 9.59 Å². The summed E-state index contributed by atoms with van der Waals surface area (Å²) >= 11 is 0. The molecule has 0 radical (unpaired) electrons. The minimum atomic E-state index is -0.258. The number of ether oxygens (including phenoxy) is 1. The van der Waals surface area contributed by atoms with Crippen LogP contribution in [0.3, 0.4) is 0 Å². The van der Waals surface area contributed by atoms with Gasteiger partial charge in [0.25, 0.3) is 0 Å². The zero-order valence-corrected chi connectivity index (χ0v) is 8.50. The molecule has 1 N–H and O–H groups in total. The van der Waals surface area contributed by atoms with E-state index in [1.165, 1.54) is 14.0 Å². The summed E-state index contributed by atoms with van der Waals surface area (Å²) in [5.41, 5.74) is 0.717.